The molecule has 2 aromatic rings. The van der Waals surface area contributed by atoms with E-state index in [-0.39, 0.29) is 5.57 Å². The van der Waals surface area contributed by atoms with Gasteiger partial charge in [-0.15, -0.1) is 0 Å². The first-order chi connectivity index (χ1) is 13.5. The number of halogens is 4. The van der Waals surface area contributed by atoms with Crippen LogP contribution in [0.5, 0.6) is 0 Å². The topological polar surface area (TPSA) is 61.4 Å². The van der Waals surface area contributed by atoms with Crippen LogP contribution in [0.4, 0.5) is 11.4 Å². The summed E-state index contributed by atoms with van der Waals surface area (Å²) in [5.41, 5.74) is 2.35. The Hall–Kier alpha value is -0.970. The number of rotatable bonds is 5. The van der Waals surface area contributed by atoms with Gasteiger partial charge < -0.3 is 15.7 Å². The summed E-state index contributed by atoms with van der Waals surface area (Å²) in [7, 11) is 0. The maximum atomic E-state index is 12.2. The van der Waals surface area contributed by atoms with Crippen LogP contribution >= 0.6 is 68.4 Å². The van der Waals surface area contributed by atoms with Gasteiger partial charge in [-0.2, -0.15) is 0 Å². The Morgan fingerprint density at radius 2 is 1.41 bits per heavy atom. The van der Waals surface area contributed by atoms with E-state index in [0.29, 0.717) is 0 Å². The van der Waals surface area contributed by atoms with E-state index in [2.05, 4.69) is 55.8 Å². The molecule has 1 aliphatic rings. The number of hydrogen-bond acceptors (Lipinski definition) is 3. The normalized spacial score (nSPS) is 16.8. The Bertz CT molecular complexity index is 982. The summed E-state index contributed by atoms with van der Waals surface area (Å²) in [6.45, 7) is 3.94. The molecule has 4 nitrogen and oxygen atoms in total. The highest BCUT2D eigenvalue weighted by atomic mass is 127. The van der Waals surface area contributed by atoms with E-state index in [9.17, 15) is 9.90 Å². The van der Waals surface area contributed by atoms with Crippen molar-refractivity contribution in [2.24, 2.45) is 0 Å². The number of alkyl halides is 2. The molecule has 0 fully saturated rings. The van der Waals surface area contributed by atoms with Crippen LogP contribution in [0.1, 0.15) is 11.1 Å². The van der Waals surface area contributed by atoms with Crippen molar-refractivity contribution in [1.29, 1.82) is 0 Å². The molecule has 29 heavy (non-hydrogen) atoms. The van der Waals surface area contributed by atoms with Gasteiger partial charge in [0.05, 0.1) is 5.57 Å². The molecule has 152 valence electrons. The van der Waals surface area contributed by atoms with Crippen molar-refractivity contribution < 1.29 is 9.90 Å². The Morgan fingerprint density at radius 3 is 1.83 bits per heavy atom. The van der Waals surface area contributed by atoms with Gasteiger partial charge in [0.2, 0.25) is 0 Å². The average molecular weight is 655 g/mol. The molecule has 0 atom stereocenters. The number of nitrogens with one attached hydrogen (secondary N) is 2. The molecule has 0 radical (unpaired) electrons. The zero-order valence-electron chi connectivity index (χ0n) is 15.6. The van der Waals surface area contributed by atoms with E-state index >= 15 is 0 Å². The number of carbonyl (C=O) groups is 1. The predicted octanol–water partition coefficient (Wildman–Crippen LogP) is 6.49. The SMILES string of the molecule is Cc1cc(I)ccc1NC1(Nc2ccc(I)cc2C)C=CC(Cl)(Cl)C=C1C(=O)O. The van der Waals surface area contributed by atoms with E-state index in [4.69, 9.17) is 23.2 Å². The second-order valence-corrected chi connectivity index (χ2v) is 10.8. The molecule has 0 amide bonds. The highest BCUT2D eigenvalue weighted by Gasteiger charge is 2.42. The summed E-state index contributed by atoms with van der Waals surface area (Å²) in [5.74, 6) is -1.12. The molecule has 1 aliphatic carbocycles. The predicted molar refractivity (Wildman–Crippen MR) is 137 cm³/mol. The van der Waals surface area contributed by atoms with Crippen LogP contribution in [0.2, 0.25) is 0 Å². The minimum absolute atomic E-state index is 0.0147. The lowest BCUT2D eigenvalue weighted by Crippen LogP contribution is -2.51. The highest BCUT2D eigenvalue weighted by molar-refractivity contribution is 14.1. The van der Waals surface area contributed by atoms with Crippen molar-refractivity contribution in [2.75, 3.05) is 10.6 Å². The number of allylic oxidation sites excluding steroid dienone is 2. The van der Waals surface area contributed by atoms with Crippen LogP contribution < -0.4 is 10.6 Å². The third-order valence-corrected chi connectivity index (χ3v) is 6.40. The maximum absolute atomic E-state index is 12.2. The molecule has 0 saturated heterocycles. The van der Waals surface area contributed by atoms with E-state index in [1.165, 1.54) is 6.08 Å². The van der Waals surface area contributed by atoms with Crippen molar-refractivity contribution >= 4 is 85.7 Å². The molecule has 8 heteroatoms. The fourth-order valence-corrected chi connectivity index (χ4v) is 4.76. The molecule has 0 saturated carbocycles. The molecular formula is C21H18Cl2I2N2O2. The number of benzene rings is 2. The second kappa shape index (κ2) is 8.64. The van der Waals surface area contributed by atoms with Gasteiger partial charge in [-0.25, -0.2) is 4.79 Å². The van der Waals surface area contributed by atoms with E-state index in [0.717, 1.165) is 29.6 Å². The summed E-state index contributed by atoms with van der Waals surface area (Å²) in [4.78, 5) is 12.2. The molecule has 0 aliphatic heterocycles. The van der Waals surface area contributed by atoms with Crippen LogP contribution in [-0.4, -0.2) is 21.1 Å². The van der Waals surface area contributed by atoms with Crippen LogP contribution in [-0.2, 0) is 4.79 Å². The van der Waals surface area contributed by atoms with Gasteiger partial charge in [-0.3, -0.25) is 0 Å². The van der Waals surface area contributed by atoms with Gasteiger partial charge >= 0.3 is 5.97 Å². The smallest absolute Gasteiger partial charge is 0.336 e. The quantitative estimate of drug-likeness (QED) is 0.149. The lowest BCUT2D eigenvalue weighted by molar-refractivity contribution is -0.133. The number of anilines is 2. The molecule has 0 bridgehead atoms. The first kappa shape index (κ1) is 22.7. The third-order valence-electron chi connectivity index (χ3n) is 4.59. The zero-order valence-corrected chi connectivity index (χ0v) is 21.4. The van der Waals surface area contributed by atoms with Crippen molar-refractivity contribution in [3.8, 4) is 0 Å². The number of hydrogen-bond donors (Lipinski definition) is 3. The summed E-state index contributed by atoms with van der Waals surface area (Å²) >= 11 is 16.9. The summed E-state index contributed by atoms with van der Waals surface area (Å²) in [6, 6.07) is 11.8. The monoisotopic (exact) mass is 654 g/mol. The van der Waals surface area contributed by atoms with Crippen molar-refractivity contribution in [3.63, 3.8) is 0 Å². The van der Waals surface area contributed by atoms with Crippen molar-refractivity contribution in [3.05, 3.63) is 78.5 Å². The second-order valence-electron chi connectivity index (χ2n) is 6.85. The highest BCUT2D eigenvalue weighted by Crippen LogP contribution is 2.39. The minimum Gasteiger partial charge on any atom is -0.478 e. The van der Waals surface area contributed by atoms with Gasteiger partial charge in [0.25, 0.3) is 0 Å². The summed E-state index contributed by atoms with van der Waals surface area (Å²) < 4.78 is 0.785. The molecule has 0 aromatic heterocycles. The largest absolute Gasteiger partial charge is 0.478 e. The lowest BCUT2D eigenvalue weighted by atomic mass is 9.91. The number of aryl methyl sites for hydroxylation is 2. The minimum atomic E-state index is -1.40. The Labute approximate surface area is 207 Å². The Morgan fingerprint density at radius 1 is 0.931 bits per heavy atom. The van der Waals surface area contributed by atoms with E-state index in [1.807, 2.05) is 50.2 Å². The van der Waals surface area contributed by atoms with Gasteiger partial charge in [0.15, 0.2) is 10.00 Å². The van der Waals surface area contributed by atoms with Crippen molar-refractivity contribution in [2.45, 2.75) is 23.8 Å². The van der Waals surface area contributed by atoms with Crippen molar-refractivity contribution in [1.82, 2.24) is 0 Å². The molecule has 0 unspecified atom stereocenters. The number of carboxylic acid groups (broad SMARTS) is 1. The summed E-state index contributed by atoms with van der Waals surface area (Å²) in [6.07, 6.45) is 4.60. The van der Waals surface area contributed by atoms with Crippen LogP contribution in [0.3, 0.4) is 0 Å². The fraction of sp³-hybridized carbons (Fsp3) is 0.190. The first-order valence-electron chi connectivity index (χ1n) is 8.65. The number of aliphatic carboxylic acids is 1. The van der Waals surface area contributed by atoms with Gasteiger partial charge in [0.1, 0.15) is 0 Å². The summed E-state index contributed by atoms with van der Waals surface area (Å²) in [5, 5.41) is 16.7. The van der Waals surface area contributed by atoms with Gasteiger partial charge in [-0.1, -0.05) is 23.2 Å². The molecule has 2 aromatic carbocycles. The van der Waals surface area contributed by atoms with Crippen LogP contribution in [0, 0.1) is 21.0 Å². The van der Waals surface area contributed by atoms with E-state index < -0.39 is 16.0 Å². The van der Waals surface area contributed by atoms with Gasteiger partial charge in [0, 0.05) is 18.5 Å². The Kier molecular flexibility index (Phi) is 6.77. The zero-order chi connectivity index (χ0) is 21.4. The van der Waals surface area contributed by atoms with Crippen LogP contribution in [0.15, 0.2) is 60.2 Å². The Balaban J connectivity index is 2.15. The maximum Gasteiger partial charge on any atom is 0.336 e. The molecule has 0 heterocycles. The van der Waals surface area contributed by atoms with E-state index in [1.54, 1.807) is 12.2 Å². The van der Waals surface area contributed by atoms with Gasteiger partial charge in [-0.05, 0) is 125 Å². The molecule has 0 spiro atoms. The fourth-order valence-electron chi connectivity index (χ4n) is 3.12. The molecular weight excluding hydrogens is 637 g/mol. The number of carboxylic acids is 1. The first-order valence-corrected chi connectivity index (χ1v) is 11.6. The molecule has 3 rings (SSSR count). The standard InChI is InChI=1S/C21H18Cl2I2N2O2/c1-12-9-14(24)3-5-17(12)26-21(27-18-6-4-15(25)10-13(18)2)8-7-20(22,23)11-16(21)19(28)29/h3-11,26-27H,1-2H3,(H,28,29). The average Bonchev–Trinajstić information content (AvgIpc) is 2.62. The van der Waals surface area contributed by atoms with Crippen LogP contribution in [0.25, 0.3) is 0 Å². The third kappa shape index (κ3) is 5.21. The lowest BCUT2D eigenvalue weighted by Gasteiger charge is -2.39. The molecule has 3 N–H and O–H groups in total.